The SMILES string of the molecule is BC(O)(O)OC1(C)CCN(c2c(C#N)c(=O)[nH]c3cnc(CC)cc23)CC1. The van der Waals surface area contributed by atoms with Crippen molar-refractivity contribution in [3.8, 4) is 6.07 Å². The maximum Gasteiger partial charge on any atom is 0.268 e. The second-order valence-electron chi connectivity index (χ2n) is 7.34. The highest BCUT2D eigenvalue weighted by molar-refractivity contribution is 6.11. The van der Waals surface area contributed by atoms with E-state index >= 15 is 0 Å². The fourth-order valence-corrected chi connectivity index (χ4v) is 3.62. The molecular weight excluding hydrogens is 347 g/mol. The van der Waals surface area contributed by atoms with Crippen molar-refractivity contribution in [3.05, 3.63) is 33.9 Å². The van der Waals surface area contributed by atoms with Gasteiger partial charge in [0, 0.05) is 24.2 Å². The Bertz CT molecular complexity index is 953. The number of nitrogens with zero attached hydrogens (tertiary/aromatic N) is 3. The summed E-state index contributed by atoms with van der Waals surface area (Å²) in [7, 11) is 1.18. The van der Waals surface area contributed by atoms with Crippen molar-refractivity contribution in [2.45, 2.75) is 44.6 Å². The first-order valence-corrected chi connectivity index (χ1v) is 9.00. The van der Waals surface area contributed by atoms with Gasteiger partial charge >= 0.3 is 0 Å². The summed E-state index contributed by atoms with van der Waals surface area (Å²) < 4.78 is 5.40. The molecule has 0 unspecified atom stereocenters. The highest BCUT2D eigenvalue weighted by Crippen LogP contribution is 2.34. The molecule has 27 heavy (non-hydrogen) atoms. The molecule has 9 heteroatoms. The number of ether oxygens (including phenoxy) is 1. The molecule has 142 valence electrons. The Kier molecular flexibility index (Phi) is 4.99. The summed E-state index contributed by atoms with van der Waals surface area (Å²) in [6.07, 6.45) is 3.41. The number of anilines is 1. The van der Waals surface area contributed by atoms with Crippen LogP contribution in [0.5, 0.6) is 0 Å². The Labute approximate surface area is 157 Å². The lowest BCUT2D eigenvalue weighted by atomic mass is 9.91. The Morgan fingerprint density at radius 1 is 1.48 bits per heavy atom. The number of nitrogens with one attached hydrogen (secondary N) is 1. The molecule has 3 heterocycles. The predicted molar refractivity (Wildman–Crippen MR) is 103 cm³/mol. The average Bonchev–Trinajstić information content (AvgIpc) is 2.59. The van der Waals surface area contributed by atoms with Crippen LogP contribution in [0.3, 0.4) is 0 Å². The first-order valence-electron chi connectivity index (χ1n) is 9.00. The summed E-state index contributed by atoms with van der Waals surface area (Å²) in [5, 5.41) is 29.5. The van der Waals surface area contributed by atoms with Crippen LogP contribution >= 0.6 is 0 Å². The van der Waals surface area contributed by atoms with Crippen molar-refractivity contribution in [2.75, 3.05) is 18.0 Å². The van der Waals surface area contributed by atoms with Crippen molar-refractivity contribution < 1.29 is 14.9 Å². The number of pyridine rings is 2. The second kappa shape index (κ2) is 6.96. The largest absolute Gasteiger partial charge is 0.370 e. The molecule has 2 aromatic heterocycles. The third kappa shape index (κ3) is 3.98. The Morgan fingerprint density at radius 3 is 2.70 bits per heavy atom. The van der Waals surface area contributed by atoms with Crippen molar-refractivity contribution in [3.63, 3.8) is 0 Å². The maximum absolute atomic E-state index is 12.4. The molecule has 3 N–H and O–H groups in total. The molecule has 0 atom stereocenters. The van der Waals surface area contributed by atoms with Gasteiger partial charge in [-0.05, 0) is 32.3 Å². The van der Waals surface area contributed by atoms with Crippen molar-refractivity contribution in [1.82, 2.24) is 9.97 Å². The van der Waals surface area contributed by atoms with E-state index in [-0.39, 0.29) is 5.56 Å². The number of aromatic nitrogens is 2. The van der Waals surface area contributed by atoms with E-state index in [0.717, 1.165) is 17.5 Å². The summed E-state index contributed by atoms with van der Waals surface area (Å²) in [5.74, 6) is -2.20. The van der Waals surface area contributed by atoms with E-state index in [1.54, 1.807) is 6.20 Å². The summed E-state index contributed by atoms with van der Waals surface area (Å²) in [6, 6.07) is 3.94. The minimum absolute atomic E-state index is 0.0782. The first kappa shape index (κ1) is 19.4. The summed E-state index contributed by atoms with van der Waals surface area (Å²) in [5.41, 5.74) is 1.01. The Morgan fingerprint density at radius 2 is 2.15 bits per heavy atom. The van der Waals surface area contributed by atoms with E-state index in [1.165, 1.54) is 7.85 Å². The quantitative estimate of drug-likeness (QED) is 0.510. The van der Waals surface area contributed by atoms with Crippen LogP contribution in [-0.2, 0) is 11.2 Å². The molecule has 1 aliphatic rings. The molecule has 1 aliphatic heterocycles. The fourth-order valence-electron chi connectivity index (χ4n) is 3.62. The molecule has 8 nitrogen and oxygen atoms in total. The van der Waals surface area contributed by atoms with Gasteiger partial charge in [0.15, 0.2) is 0 Å². The molecule has 1 saturated heterocycles. The predicted octanol–water partition coefficient (Wildman–Crippen LogP) is -0.0383. The fraction of sp³-hybridized carbons (Fsp3) is 0.500. The molecular formula is C18H23BN4O4. The van der Waals surface area contributed by atoms with E-state index in [9.17, 15) is 20.3 Å². The van der Waals surface area contributed by atoms with Crippen LogP contribution in [0.1, 0.15) is 37.9 Å². The Balaban J connectivity index is 2.02. The number of hydrogen-bond acceptors (Lipinski definition) is 7. The number of piperidine rings is 1. The van der Waals surface area contributed by atoms with Crippen molar-refractivity contribution >= 4 is 24.4 Å². The van der Waals surface area contributed by atoms with Crippen LogP contribution in [0, 0.1) is 11.3 Å². The molecule has 0 spiro atoms. The van der Waals surface area contributed by atoms with Gasteiger partial charge in [-0.1, -0.05) is 6.92 Å². The topological polar surface area (TPSA) is 122 Å². The maximum atomic E-state index is 12.4. The molecule has 0 aromatic carbocycles. The molecule has 3 rings (SSSR count). The van der Waals surface area contributed by atoms with Gasteiger partial charge in [-0.2, -0.15) is 5.26 Å². The number of H-pyrrole nitrogens is 1. The number of nitriles is 1. The lowest BCUT2D eigenvalue weighted by Gasteiger charge is -2.42. The highest BCUT2D eigenvalue weighted by Gasteiger charge is 2.37. The molecule has 0 bridgehead atoms. The molecule has 1 fully saturated rings. The number of aliphatic hydroxyl groups is 2. The zero-order chi connectivity index (χ0) is 19.8. The lowest BCUT2D eigenvalue weighted by Crippen LogP contribution is -2.50. The van der Waals surface area contributed by atoms with Gasteiger partial charge in [0.1, 0.15) is 11.6 Å². The molecule has 0 saturated carbocycles. The van der Waals surface area contributed by atoms with E-state index in [2.05, 4.69) is 9.97 Å². The Hall–Kier alpha value is -2.41. The van der Waals surface area contributed by atoms with Crippen LogP contribution in [0.2, 0.25) is 0 Å². The minimum Gasteiger partial charge on any atom is -0.370 e. The van der Waals surface area contributed by atoms with Crippen molar-refractivity contribution in [1.29, 1.82) is 5.26 Å². The average molecular weight is 370 g/mol. The molecule has 0 aliphatic carbocycles. The third-order valence-electron chi connectivity index (χ3n) is 4.98. The summed E-state index contributed by atoms with van der Waals surface area (Å²) in [4.78, 5) is 21.4. The smallest absolute Gasteiger partial charge is 0.268 e. The van der Waals surface area contributed by atoms with Gasteiger partial charge in [-0.3, -0.25) is 9.78 Å². The standard InChI is InChI=1S/C18H23BN4O4/c1-3-11-8-12-14(10-21-11)22-16(24)13(9-20)15(12)23-6-4-17(2,5-7-23)27-18(19,25)26/h8,10,25-26H,3-7,19H2,1-2H3,(H,22,24). The van der Waals surface area contributed by atoms with Crippen LogP contribution < -0.4 is 10.5 Å². The van der Waals surface area contributed by atoms with Gasteiger partial charge in [0.25, 0.3) is 5.56 Å². The molecule has 0 amide bonds. The van der Waals surface area contributed by atoms with Gasteiger partial charge < -0.3 is 24.8 Å². The second-order valence-corrected chi connectivity index (χ2v) is 7.34. The monoisotopic (exact) mass is 370 g/mol. The van der Waals surface area contributed by atoms with Gasteiger partial charge in [0.05, 0.1) is 23.0 Å². The molecule has 0 radical (unpaired) electrons. The van der Waals surface area contributed by atoms with Crippen LogP contribution in [0.4, 0.5) is 5.69 Å². The number of rotatable bonds is 4. The van der Waals surface area contributed by atoms with E-state index in [1.807, 2.05) is 30.9 Å². The van der Waals surface area contributed by atoms with Crippen LogP contribution in [0.15, 0.2) is 17.1 Å². The van der Waals surface area contributed by atoms with Gasteiger partial charge in [-0.15, -0.1) is 0 Å². The van der Waals surface area contributed by atoms with Gasteiger partial charge in [-0.25, -0.2) is 0 Å². The van der Waals surface area contributed by atoms with Crippen LogP contribution in [0.25, 0.3) is 10.9 Å². The zero-order valence-electron chi connectivity index (χ0n) is 15.7. The first-order chi connectivity index (χ1) is 12.7. The lowest BCUT2D eigenvalue weighted by molar-refractivity contribution is -0.321. The van der Waals surface area contributed by atoms with E-state index in [4.69, 9.17) is 4.74 Å². The van der Waals surface area contributed by atoms with E-state index in [0.29, 0.717) is 37.1 Å². The highest BCUT2D eigenvalue weighted by atomic mass is 16.8. The number of aromatic amines is 1. The van der Waals surface area contributed by atoms with E-state index < -0.39 is 17.0 Å². The zero-order valence-corrected chi connectivity index (χ0v) is 15.7. The van der Waals surface area contributed by atoms with Crippen molar-refractivity contribution in [2.24, 2.45) is 0 Å². The summed E-state index contributed by atoms with van der Waals surface area (Å²) >= 11 is 0. The van der Waals surface area contributed by atoms with Gasteiger partial charge in [0.2, 0.25) is 13.7 Å². The normalized spacial score (nSPS) is 17.1. The number of fused-ring (bicyclic) bond motifs is 1. The van der Waals surface area contributed by atoms with Crippen LogP contribution in [-0.4, -0.2) is 52.6 Å². The summed E-state index contributed by atoms with van der Waals surface area (Å²) in [6.45, 7) is 4.86. The minimum atomic E-state index is -2.20. The number of hydrogen-bond donors (Lipinski definition) is 3. The molecule has 2 aromatic rings. The third-order valence-corrected chi connectivity index (χ3v) is 4.98. The number of aryl methyl sites for hydroxylation is 1.